The zero-order valence-electron chi connectivity index (χ0n) is 11.0. The number of nitrogens with zero attached hydrogens (tertiary/aromatic N) is 1. The van der Waals surface area contributed by atoms with Gasteiger partial charge in [-0.2, -0.15) is 0 Å². The Morgan fingerprint density at radius 2 is 2.06 bits per heavy atom. The Kier molecular flexibility index (Phi) is 4.59. The molecule has 2 rings (SSSR count). The fraction of sp³-hybridized carbons (Fsp3) is 0.462. The summed E-state index contributed by atoms with van der Waals surface area (Å²) < 4.78 is 1.19. The van der Waals surface area contributed by atoms with Crippen molar-refractivity contribution in [1.82, 2.24) is 10.3 Å². The van der Waals surface area contributed by atoms with Crippen LogP contribution in [-0.4, -0.2) is 12.0 Å². The molecule has 2 aromatic heterocycles. The Bertz CT molecular complexity index is 526. The van der Waals surface area contributed by atoms with Crippen LogP contribution in [0.2, 0.25) is 0 Å². The van der Waals surface area contributed by atoms with Gasteiger partial charge in [0.15, 0.2) is 0 Å². The van der Waals surface area contributed by atoms with E-state index >= 15 is 0 Å². The van der Waals surface area contributed by atoms with Crippen molar-refractivity contribution in [2.24, 2.45) is 0 Å². The van der Waals surface area contributed by atoms with Crippen molar-refractivity contribution in [1.29, 1.82) is 0 Å². The molecule has 1 N–H and O–H groups in total. The lowest BCUT2D eigenvalue weighted by molar-refractivity contribution is 0.695. The SMILES string of the molecule is CCc1nc(C(NC)c2cc(Br)c(C)s2)sc1C. The van der Waals surface area contributed by atoms with Crippen LogP contribution in [0.25, 0.3) is 0 Å². The van der Waals surface area contributed by atoms with Crippen molar-refractivity contribution in [3.05, 3.63) is 35.9 Å². The van der Waals surface area contributed by atoms with Crippen molar-refractivity contribution in [2.75, 3.05) is 7.05 Å². The third-order valence-electron chi connectivity index (χ3n) is 2.94. The number of thiazole rings is 1. The van der Waals surface area contributed by atoms with E-state index < -0.39 is 0 Å². The van der Waals surface area contributed by atoms with E-state index in [1.807, 2.05) is 18.4 Å². The maximum Gasteiger partial charge on any atom is 0.115 e. The second-order valence-electron chi connectivity index (χ2n) is 4.18. The summed E-state index contributed by atoms with van der Waals surface area (Å²) in [5.74, 6) is 0. The van der Waals surface area contributed by atoms with E-state index in [2.05, 4.69) is 48.1 Å². The Balaban J connectivity index is 2.38. The van der Waals surface area contributed by atoms with Gasteiger partial charge in [-0.05, 0) is 49.3 Å². The van der Waals surface area contributed by atoms with Gasteiger partial charge in [-0.25, -0.2) is 4.98 Å². The highest BCUT2D eigenvalue weighted by molar-refractivity contribution is 9.10. The van der Waals surface area contributed by atoms with Crippen LogP contribution in [-0.2, 0) is 6.42 Å². The Hall–Kier alpha value is -0.230. The molecule has 2 heterocycles. The van der Waals surface area contributed by atoms with Gasteiger partial charge >= 0.3 is 0 Å². The van der Waals surface area contributed by atoms with Crippen LogP contribution in [0.4, 0.5) is 0 Å². The lowest BCUT2D eigenvalue weighted by Crippen LogP contribution is -2.16. The van der Waals surface area contributed by atoms with Gasteiger partial charge in [0.2, 0.25) is 0 Å². The molecule has 0 amide bonds. The van der Waals surface area contributed by atoms with Gasteiger partial charge in [0.05, 0.1) is 11.7 Å². The van der Waals surface area contributed by atoms with E-state index in [0.29, 0.717) is 0 Å². The highest BCUT2D eigenvalue weighted by Crippen LogP contribution is 2.35. The van der Waals surface area contributed by atoms with Crippen molar-refractivity contribution in [3.8, 4) is 0 Å². The lowest BCUT2D eigenvalue weighted by atomic mass is 10.2. The monoisotopic (exact) mass is 344 g/mol. The van der Waals surface area contributed by atoms with E-state index in [1.165, 1.54) is 29.8 Å². The molecule has 0 radical (unpaired) electrons. The lowest BCUT2D eigenvalue weighted by Gasteiger charge is -2.10. The van der Waals surface area contributed by atoms with Gasteiger partial charge in [-0.1, -0.05) is 6.92 Å². The molecule has 2 aromatic rings. The van der Waals surface area contributed by atoms with Crippen molar-refractivity contribution in [2.45, 2.75) is 33.2 Å². The first-order valence-corrected chi connectivity index (χ1v) is 8.38. The van der Waals surface area contributed by atoms with E-state index in [0.717, 1.165) is 6.42 Å². The average molecular weight is 345 g/mol. The fourth-order valence-corrected chi connectivity index (χ4v) is 4.80. The molecule has 0 fully saturated rings. The van der Waals surface area contributed by atoms with Crippen molar-refractivity contribution < 1.29 is 0 Å². The molecule has 1 unspecified atom stereocenters. The summed E-state index contributed by atoms with van der Waals surface area (Å²) in [4.78, 5) is 8.73. The summed E-state index contributed by atoms with van der Waals surface area (Å²) in [6.45, 7) is 6.45. The first-order valence-electron chi connectivity index (χ1n) is 5.96. The predicted octanol–water partition coefficient (Wildman–Crippen LogP) is 4.46. The Labute approximate surface area is 125 Å². The highest BCUT2D eigenvalue weighted by atomic mass is 79.9. The number of thiophene rings is 1. The third kappa shape index (κ3) is 2.69. The average Bonchev–Trinajstić information content (AvgIpc) is 2.85. The quantitative estimate of drug-likeness (QED) is 0.885. The maximum atomic E-state index is 4.76. The van der Waals surface area contributed by atoms with Gasteiger partial charge in [-0.15, -0.1) is 22.7 Å². The molecular formula is C13H17BrN2S2. The first kappa shape index (κ1) is 14.2. The summed E-state index contributed by atoms with van der Waals surface area (Å²) in [7, 11) is 2.00. The van der Waals surface area contributed by atoms with Crippen LogP contribution >= 0.6 is 38.6 Å². The maximum absolute atomic E-state index is 4.76. The molecule has 0 aliphatic carbocycles. The number of nitrogens with one attached hydrogen (secondary N) is 1. The molecule has 5 heteroatoms. The van der Waals surface area contributed by atoms with Crippen LogP contribution in [0.15, 0.2) is 10.5 Å². The van der Waals surface area contributed by atoms with Crippen molar-refractivity contribution >= 4 is 38.6 Å². The number of aromatic nitrogens is 1. The smallest absolute Gasteiger partial charge is 0.115 e. The van der Waals surface area contributed by atoms with E-state index in [-0.39, 0.29) is 6.04 Å². The van der Waals surface area contributed by atoms with Gasteiger partial charge in [0.25, 0.3) is 0 Å². The zero-order valence-corrected chi connectivity index (χ0v) is 14.2. The Morgan fingerprint density at radius 3 is 2.50 bits per heavy atom. The molecule has 1 atom stereocenters. The standard InChI is InChI=1S/C13H17BrN2S2/c1-5-10-8(3)18-13(16-10)12(15-4)11-6-9(14)7(2)17-11/h6,12,15H,5H2,1-4H3. The van der Waals surface area contributed by atoms with Gasteiger partial charge in [0.1, 0.15) is 5.01 Å². The summed E-state index contributed by atoms with van der Waals surface area (Å²) in [5.41, 5.74) is 1.22. The zero-order chi connectivity index (χ0) is 13.3. The predicted molar refractivity (Wildman–Crippen MR) is 83.9 cm³/mol. The summed E-state index contributed by atoms with van der Waals surface area (Å²) >= 11 is 7.21. The third-order valence-corrected chi connectivity index (χ3v) is 6.22. The van der Waals surface area contributed by atoms with Crippen LogP contribution < -0.4 is 5.32 Å². The van der Waals surface area contributed by atoms with E-state index in [1.54, 1.807) is 11.3 Å². The van der Waals surface area contributed by atoms with E-state index in [9.17, 15) is 0 Å². The topological polar surface area (TPSA) is 24.9 Å². The highest BCUT2D eigenvalue weighted by Gasteiger charge is 2.20. The Morgan fingerprint density at radius 1 is 1.33 bits per heavy atom. The fourth-order valence-electron chi connectivity index (χ4n) is 1.91. The minimum atomic E-state index is 0.212. The molecule has 18 heavy (non-hydrogen) atoms. The van der Waals surface area contributed by atoms with Crippen LogP contribution in [0, 0.1) is 13.8 Å². The van der Waals surface area contributed by atoms with Gasteiger partial charge in [-0.3, -0.25) is 0 Å². The molecule has 0 aliphatic heterocycles. The summed E-state index contributed by atoms with van der Waals surface area (Å²) in [6.07, 6.45) is 1.01. The molecule has 0 aromatic carbocycles. The second-order valence-corrected chi connectivity index (χ2v) is 7.56. The normalized spacial score (nSPS) is 12.9. The molecule has 0 bridgehead atoms. The molecule has 0 saturated carbocycles. The van der Waals surface area contributed by atoms with Gasteiger partial charge < -0.3 is 5.32 Å². The molecule has 0 spiro atoms. The molecule has 0 aliphatic rings. The van der Waals surface area contributed by atoms with Crippen molar-refractivity contribution in [3.63, 3.8) is 0 Å². The number of aryl methyl sites for hydroxylation is 3. The van der Waals surface area contributed by atoms with E-state index in [4.69, 9.17) is 4.98 Å². The van der Waals surface area contributed by atoms with Crippen LogP contribution in [0.5, 0.6) is 0 Å². The minimum absolute atomic E-state index is 0.212. The second kappa shape index (κ2) is 5.82. The summed E-state index contributed by atoms with van der Waals surface area (Å²) in [5, 5.41) is 4.54. The number of hydrogen-bond donors (Lipinski definition) is 1. The minimum Gasteiger partial charge on any atom is -0.307 e. The molecule has 98 valence electrons. The molecular weight excluding hydrogens is 328 g/mol. The number of hydrogen-bond acceptors (Lipinski definition) is 4. The largest absolute Gasteiger partial charge is 0.307 e. The number of halogens is 1. The van der Waals surface area contributed by atoms with Crippen LogP contribution in [0.3, 0.4) is 0 Å². The van der Waals surface area contributed by atoms with Gasteiger partial charge in [0, 0.05) is 19.1 Å². The molecule has 2 nitrogen and oxygen atoms in total. The molecule has 0 saturated heterocycles. The van der Waals surface area contributed by atoms with Crippen LogP contribution in [0.1, 0.15) is 38.3 Å². The first-order chi connectivity index (χ1) is 8.56. The summed E-state index contributed by atoms with van der Waals surface area (Å²) in [6, 6.07) is 2.41. The number of rotatable bonds is 4.